The van der Waals surface area contributed by atoms with Gasteiger partial charge in [-0.05, 0) is 12.1 Å². The number of benzene rings is 1. The molecule has 1 aromatic carbocycles. The van der Waals surface area contributed by atoms with Crippen molar-refractivity contribution in [2.24, 2.45) is 4.99 Å². The van der Waals surface area contributed by atoms with E-state index < -0.39 is 0 Å². The molecule has 1 amide bonds. The molecule has 1 fully saturated rings. The number of nitrogens with zero attached hydrogens (tertiary/aromatic N) is 5. The molecule has 28 heavy (non-hydrogen) atoms. The highest BCUT2D eigenvalue weighted by Crippen LogP contribution is 2.15. The van der Waals surface area contributed by atoms with Crippen molar-refractivity contribution < 1.29 is 9.32 Å². The van der Waals surface area contributed by atoms with E-state index >= 15 is 0 Å². The molecule has 3 rings (SSSR count). The van der Waals surface area contributed by atoms with Crippen molar-refractivity contribution in [1.82, 2.24) is 20.3 Å². The fraction of sp³-hybridized carbons (Fsp3) is 0.421. The number of piperazine rings is 1. The summed E-state index contributed by atoms with van der Waals surface area (Å²) in [7, 11) is 3.60. The minimum atomic E-state index is 0. The summed E-state index contributed by atoms with van der Waals surface area (Å²) in [5.74, 6) is 0.730. The Balaban J connectivity index is 0.00000280. The number of hydrogen-bond donors (Lipinski definition) is 1. The Morgan fingerprint density at radius 3 is 2.54 bits per heavy atom. The zero-order chi connectivity index (χ0) is 19.1. The van der Waals surface area contributed by atoms with Gasteiger partial charge in [-0.15, -0.1) is 24.0 Å². The van der Waals surface area contributed by atoms with Crippen LogP contribution in [0.25, 0.3) is 0 Å². The number of carbonyl (C=O) groups is 1. The van der Waals surface area contributed by atoms with Crippen LogP contribution in [0.4, 0.5) is 5.69 Å². The average molecular weight is 498 g/mol. The van der Waals surface area contributed by atoms with Crippen LogP contribution in [-0.4, -0.2) is 73.6 Å². The van der Waals surface area contributed by atoms with E-state index in [1.165, 1.54) is 12.0 Å². The van der Waals surface area contributed by atoms with Crippen molar-refractivity contribution >= 4 is 41.5 Å². The Labute approximate surface area is 182 Å². The number of hydrogen-bond acceptors (Lipinski definition) is 5. The lowest BCUT2D eigenvalue weighted by atomic mass is 10.2. The Kier molecular flexibility index (Phi) is 8.55. The van der Waals surface area contributed by atoms with Gasteiger partial charge in [0.1, 0.15) is 12.0 Å². The third-order valence-electron chi connectivity index (χ3n) is 4.62. The van der Waals surface area contributed by atoms with Crippen molar-refractivity contribution in [3.05, 3.63) is 48.4 Å². The zero-order valence-corrected chi connectivity index (χ0v) is 18.6. The molecule has 1 aliphatic rings. The molecule has 0 spiro atoms. The molecule has 2 heterocycles. The summed E-state index contributed by atoms with van der Waals surface area (Å²) in [6, 6.07) is 12.1. The second-order valence-corrected chi connectivity index (χ2v) is 6.45. The summed E-state index contributed by atoms with van der Waals surface area (Å²) in [6.07, 6.45) is 1.54. The maximum Gasteiger partial charge on any atom is 0.242 e. The lowest BCUT2D eigenvalue weighted by Gasteiger charge is -2.36. The van der Waals surface area contributed by atoms with Gasteiger partial charge in [-0.25, -0.2) is 0 Å². The van der Waals surface area contributed by atoms with Crippen LogP contribution in [0.2, 0.25) is 0 Å². The normalized spacial score (nSPS) is 14.4. The highest BCUT2D eigenvalue weighted by molar-refractivity contribution is 14.0. The van der Waals surface area contributed by atoms with E-state index in [0.29, 0.717) is 12.5 Å². The van der Waals surface area contributed by atoms with E-state index in [9.17, 15) is 4.79 Å². The molecule has 0 unspecified atom stereocenters. The highest BCUT2D eigenvalue weighted by Gasteiger charge is 2.21. The van der Waals surface area contributed by atoms with Crippen molar-refractivity contribution in [1.29, 1.82) is 0 Å². The number of anilines is 1. The Morgan fingerprint density at radius 1 is 1.21 bits per heavy atom. The number of aliphatic imine (C=N–C) groups is 1. The number of rotatable bonds is 5. The van der Waals surface area contributed by atoms with Crippen LogP contribution < -0.4 is 10.2 Å². The molecule has 0 bridgehead atoms. The lowest BCUT2D eigenvalue weighted by molar-refractivity contribution is -0.130. The number of para-hydroxylation sites is 1. The number of carbonyl (C=O) groups excluding carboxylic acids is 1. The van der Waals surface area contributed by atoms with Crippen molar-refractivity contribution in [3.63, 3.8) is 0 Å². The van der Waals surface area contributed by atoms with Crippen LogP contribution in [0.15, 0.2) is 52.2 Å². The molecule has 0 saturated carbocycles. The van der Waals surface area contributed by atoms with Crippen LogP contribution in [0, 0.1) is 0 Å². The summed E-state index contributed by atoms with van der Waals surface area (Å²) in [5, 5.41) is 7.03. The lowest BCUT2D eigenvalue weighted by Crippen LogP contribution is -2.52. The third kappa shape index (κ3) is 5.85. The Morgan fingerprint density at radius 2 is 1.93 bits per heavy atom. The molecule has 1 aromatic heterocycles. The number of halogens is 1. The van der Waals surface area contributed by atoms with E-state index in [0.717, 1.165) is 31.9 Å². The van der Waals surface area contributed by atoms with E-state index in [2.05, 4.69) is 32.5 Å². The molecule has 0 aliphatic carbocycles. The molecule has 9 heteroatoms. The van der Waals surface area contributed by atoms with Crippen LogP contribution in [0.5, 0.6) is 0 Å². The quantitative estimate of drug-likeness (QED) is 0.384. The second kappa shape index (κ2) is 10.9. The van der Waals surface area contributed by atoms with Gasteiger partial charge in [-0.2, -0.15) is 0 Å². The molecule has 8 nitrogen and oxygen atoms in total. The largest absolute Gasteiger partial charge is 0.368 e. The maximum atomic E-state index is 12.5. The standard InChI is InChI=1S/C19H26N6O2.HI/c1-20-19(23(2)15-16-8-13-27-22-16)21-14-18(26)25-11-9-24(10-12-25)17-6-4-3-5-7-17;/h3-8,13H,9-12,14-15H2,1-2H3,(H,20,21);1H. The molecular weight excluding hydrogens is 471 g/mol. The Hall–Kier alpha value is -2.30. The topological polar surface area (TPSA) is 77.2 Å². The van der Waals surface area contributed by atoms with Gasteiger partial charge in [-0.3, -0.25) is 9.79 Å². The second-order valence-electron chi connectivity index (χ2n) is 6.45. The predicted molar refractivity (Wildman–Crippen MR) is 120 cm³/mol. The number of nitrogens with one attached hydrogen (secondary N) is 1. The molecule has 2 aromatic rings. The molecule has 1 N–H and O–H groups in total. The zero-order valence-electron chi connectivity index (χ0n) is 16.2. The first kappa shape index (κ1) is 22.0. The average Bonchev–Trinajstić information content (AvgIpc) is 3.22. The monoisotopic (exact) mass is 498 g/mol. The summed E-state index contributed by atoms with van der Waals surface area (Å²) in [6.45, 7) is 3.92. The van der Waals surface area contributed by atoms with Gasteiger partial charge in [0, 0.05) is 52.0 Å². The van der Waals surface area contributed by atoms with Gasteiger partial charge >= 0.3 is 0 Å². The summed E-state index contributed by atoms with van der Waals surface area (Å²) in [4.78, 5) is 22.9. The van der Waals surface area contributed by atoms with E-state index in [1.807, 2.05) is 35.0 Å². The van der Waals surface area contributed by atoms with Crippen LogP contribution in [-0.2, 0) is 11.3 Å². The molecule has 1 saturated heterocycles. The van der Waals surface area contributed by atoms with E-state index in [1.54, 1.807) is 13.1 Å². The molecular formula is C19H27IN6O2. The smallest absolute Gasteiger partial charge is 0.242 e. The number of amides is 1. The Bertz CT molecular complexity index is 745. The van der Waals surface area contributed by atoms with Gasteiger partial charge in [0.25, 0.3) is 0 Å². The van der Waals surface area contributed by atoms with E-state index in [-0.39, 0.29) is 36.4 Å². The number of aromatic nitrogens is 1. The fourth-order valence-electron chi connectivity index (χ4n) is 3.14. The summed E-state index contributed by atoms with van der Waals surface area (Å²) >= 11 is 0. The highest BCUT2D eigenvalue weighted by atomic mass is 127. The molecule has 152 valence electrons. The first-order valence-electron chi connectivity index (χ1n) is 9.06. The van der Waals surface area contributed by atoms with Crippen LogP contribution in [0.3, 0.4) is 0 Å². The summed E-state index contributed by atoms with van der Waals surface area (Å²) in [5.41, 5.74) is 2.02. The SMILES string of the molecule is CN=C(NCC(=O)N1CCN(c2ccccc2)CC1)N(C)Cc1ccon1.I. The molecule has 0 atom stereocenters. The summed E-state index contributed by atoms with van der Waals surface area (Å²) < 4.78 is 4.85. The van der Waals surface area contributed by atoms with Crippen LogP contribution >= 0.6 is 24.0 Å². The van der Waals surface area contributed by atoms with E-state index in [4.69, 9.17) is 4.52 Å². The minimum absolute atomic E-state index is 0. The third-order valence-corrected chi connectivity index (χ3v) is 4.62. The number of guanidine groups is 1. The predicted octanol–water partition coefficient (Wildman–Crippen LogP) is 1.65. The molecule has 0 radical (unpaired) electrons. The van der Waals surface area contributed by atoms with Crippen LogP contribution in [0.1, 0.15) is 5.69 Å². The van der Waals surface area contributed by atoms with Gasteiger partial charge in [-0.1, -0.05) is 23.4 Å². The van der Waals surface area contributed by atoms with Gasteiger partial charge < -0.3 is 24.5 Å². The van der Waals surface area contributed by atoms with Crippen molar-refractivity contribution in [2.45, 2.75) is 6.54 Å². The minimum Gasteiger partial charge on any atom is -0.368 e. The van der Waals surface area contributed by atoms with Crippen molar-refractivity contribution in [2.75, 3.05) is 51.7 Å². The molecule has 1 aliphatic heterocycles. The first-order chi connectivity index (χ1) is 13.2. The van der Waals surface area contributed by atoms with Gasteiger partial charge in [0.15, 0.2) is 5.96 Å². The van der Waals surface area contributed by atoms with Crippen molar-refractivity contribution in [3.8, 4) is 0 Å². The van der Waals surface area contributed by atoms with Gasteiger partial charge in [0.05, 0.1) is 13.1 Å². The van der Waals surface area contributed by atoms with Gasteiger partial charge in [0.2, 0.25) is 5.91 Å². The first-order valence-corrected chi connectivity index (χ1v) is 9.06. The fourth-order valence-corrected chi connectivity index (χ4v) is 3.14. The maximum absolute atomic E-state index is 12.5.